The molecule has 0 aliphatic carbocycles. The maximum Gasteiger partial charge on any atom is 2.00 e. The fourth-order valence-electron chi connectivity index (χ4n) is 10.9. The Hall–Kier alpha value is -5.26. The van der Waals surface area contributed by atoms with Gasteiger partial charge in [-0.1, -0.05) is 135 Å². The summed E-state index contributed by atoms with van der Waals surface area (Å²) in [7, 11) is 3.16. The third-order valence-electron chi connectivity index (χ3n) is 15.6. The number of carbonyl (C=O) groups excluding carboxylic acids is 3. The van der Waals surface area contributed by atoms with Crippen molar-refractivity contribution in [2.45, 2.75) is 171 Å². The Labute approximate surface area is 458 Å². The van der Waals surface area contributed by atoms with Gasteiger partial charge in [0, 0.05) is 70.7 Å². The zero-order valence-corrected chi connectivity index (χ0v) is 48.5. The molecule has 392 valence electrons. The standard InChI is InChI=1S/C63H85N5O5.Mg/c1-14-48-43(8)52-35-54-45(10)50(30-31-58(69)73-33-32-42(7)27-21-26-41(6)25-20-24-40(5)23-19-22-39(3)4)61(66-54)51(34-59(70)72-13)62-60(63(71)68(12)38-47-28-17-16-18-29-47)46(11)55(67-62)37-57-49(15-2)44(9)53(65-57)36-56(48)64-52;/h14,16-18,28-29,32,35-37,39-41,45,50,64-65H,1,15,19-27,30-31,33-34,38H2,2-13H3;/q;+2. The van der Waals surface area contributed by atoms with Crippen molar-refractivity contribution in [3.05, 3.63) is 123 Å². The molecule has 0 saturated carbocycles. The summed E-state index contributed by atoms with van der Waals surface area (Å²) in [6.45, 7) is 26.7. The van der Waals surface area contributed by atoms with Crippen LogP contribution in [0.25, 0.3) is 39.3 Å². The number of H-pyrrole nitrogens is 2. The maximum atomic E-state index is 15.0. The molecule has 11 heteroatoms. The smallest absolute Gasteiger partial charge is 0.469 e. The van der Waals surface area contributed by atoms with E-state index in [1.165, 1.54) is 57.6 Å². The zero-order valence-electron chi connectivity index (χ0n) is 47.1. The van der Waals surface area contributed by atoms with E-state index in [4.69, 9.17) is 19.4 Å². The fraction of sp³-hybridized carbons (Fsp3) is 0.508. The molecule has 0 spiro atoms. The van der Waals surface area contributed by atoms with E-state index < -0.39 is 5.97 Å². The number of aromatic amines is 2. The Bertz CT molecular complexity index is 2840. The van der Waals surface area contributed by atoms with Gasteiger partial charge in [-0.05, 0) is 123 Å². The van der Waals surface area contributed by atoms with E-state index in [2.05, 4.69) is 91.0 Å². The number of methoxy groups -OCH3 is 1. The van der Waals surface area contributed by atoms with Gasteiger partial charge >= 0.3 is 35.0 Å². The van der Waals surface area contributed by atoms with Gasteiger partial charge in [-0.2, -0.15) is 0 Å². The van der Waals surface area contributed by atoms with Crippen LogP contribution < -0.4 is 0 Å². The normalized spacial score (nSPS) is 15.4. The van der Waals surface area contributed by atoms with E-state index in [0.29, 0.717) is 52.7 Å². The molecule has 74 heavy (non-hydrogen) atoms. The van der Waals surface area contributed by atoms with Crippen LogP contribution in [0.5, 0.6) is 0 Å². The van der Waals surface area contributed by atoms with E-state index in [1.807, 2.05) is 55.5 Å². The first kappa shape index (κ1) is 59.6. The molecule has 0 fully saturated rings. The second kappa shape index (κ2) is 28.0. The fourth-order valence-corrected chi connectivity index (χ4v) is 10.9. The Morgan fingerprint density at radius 2 is 1.46 bits per heavy atom. The number of hydrogen-bond acceptors (Lipinski definition) is 7. The van der Waals surface area contributed by atoms with Gasteiger partial charge in [0.1, 0.15) is 6.61 Å². The largest absolute Gasteiger partial charge is 2.00 e. The number of allylic oxidation sites excluding steroid dienone is 2. The van der Waals surface area contributed by atoms with Gasteiger partial charge in [-0.15, -0.1) is 0 Å². The molecular weight excluding hydrogens is 931 g/mol. The predicted octanol–water partition coefficient (Wildman–Crippen LogP) is 14.7. The van der Waals surface area contributed by atoms with Crippen LogP contribution in [-0.2, 0) is 43.2 Å². The molecule has 4 atom stereocenters. The summed E-state index contributed by atoms with van der Waals surface area (Å²) < 4.78 is 11.2. The van der Waals surface area contributed by atoms with Crippen LogP contribution >= 0.6 is 0 Å². The maximum absolute atomic E-state index is 15.0. The Morgan fingerprint density at radius 1 is 0.811 bits per heavy atom. The molecule has 5 heterocycles. The summed E-state index contributed by atoms with van der Waals surface area (Å²) >= 11 is 0. The molecule has 4 aromatic rings. The van der Waals surface area contributed by atoms with Gasteiger partial charge in [0.2, 0.25) is 0 Å². The summed E-state index contributed by atoms with van der Waals surface area (Å²) in [4.78, 5) is 62.1. The Morgan fingerprint density at radius 3 is 2.11 bits per heavy atom. The van der Waals surface area contributed by atoms with Crippen molar-refractivity contribution >= 4 is 80.2 Å². The summed E-state index contributed by atoms with van der Waals surface area (Å²) in [5.41, 5.74) is 14.1. The van der Waals surface area contributed by atoms with Crippen LogP contribution in [0.15, 0.2) is 66.8 Å². The van der Waals surface area contributed by atoms with Crippen molar-refractivity contribution in [1.29, 1.82) is 0 Å². The Kier molecular flexibility index (Phi) is 22.6. The van der Waals surface area contributed by atoms with E-state index in [-0.39, 0.29) is 66.2 Å². The molecule has 2 aliphatic rings. The number of nitrogens with zero attached hydrogens (tertiary/aromatic N) is 3. The van der Waals surface area contributed by atoms with Crippen molar-refractivity contribution in [2.24, 2.45) is 17.8 Å². The van der Waals surface area contributed by atoms with E-state index in [9.17, 15) is 14.4 Å². The third-order valence-corrected chi connectivity index (χ3v) is 15.6. The molecule has 0 radical (unpaired) electrons. The van der Waals surface area contributed by atoms with Gasteiger partial charge < -0.3 is 24.3 Å². The van der Waals surface area contributed by atoms with Crippen LogP contribution in [0.4, 0.5) is 0 Å². The van der Waals surface area contributed by atoms with Crippen LogP contribution in [0, 0.1) is 31.6 Å². The number of likely N-dealkylation sites (N-methyl/N-ethyl adjacent to an activating group) is 1. The second-order valence-electron chi connectivity index (χ2n) is 21.7. The minimum atomic E-state index is -0.486. The predicted molar refractivity (Wildman–Crippen MR) is 307 cm³/mol. The molecule has 2 aliphatic heterocycles. The minimum Gasteiger partial charge on any atom is -0.469 e. The number of benzene rings is 1. The average molecular weight is 1020 g/mol. The zero-order chi connectivity index (χ0) is 52.9. The number of nitrogens with one attached hydrogen (secondary N) is 2. The number of ether oxygens (including phenoxy) is 2. The molecule has 2 N–H and O–H groups in total. The number of amides is 1. The Balaban J connectivity index is 0.0000101. The minimum absolute atomic E-state index is 0. The quantitative estimate of drug-likeness (QED) is 0.0406. The van der Waals surface area contributed by atoms with Crippen LogP contribution in [-0.4, -0.2) is 86.5 Å². The molecule has 4 unspecified atom stereocenters. The average Bonchev–Trinajstić information content (AvgIpc) is 4.04. The van der Waals surface area contributed by atoms with E-state index in [0.717, 1.165) is 86.7 Å². The van der Waals surface area contributed by atoms with E-state index in [1.54, 1.807) is 11.9 Å². The second-order valence-corrected chi connectivity index (χ2v) is 21.7. The SMILES string of the molecule is C=Cc1c(C)c2cc3nc(c(CC(=O)OC)c4nc(cc5[nH]c(cc1[nH]2)c(C)c5CC)C(C)=C4C(=O)N(C)Cc1ccccc1)C(CCC(=O)OCC=C(C)CCCC(C)CCCC(C)CCCC(C)C)C3C.[Mg+2]. The van der Waals surface area contributed by atoms with Gasteiger partial charge in [-0.25, -0.2) is 4.98 Å². The summed E-state index contributed by atoms with van der Waals surface area (Å²) in [5.74, 6) is 0.794. The monoisotopic (exact) mass is 1020 g/mol. The van der Waals surface area contributed by atoms with Gasteiger partial charge in [0.05, 0.1) is 36.2 Å². The summed E-state index contributed by atoms with van der Waals surface area (Å²) in [5, 5.41) is 0. The van der Waals surface area contributed by atoms with Gasteiger partial charge in [-0.3, -0.25) is 19.4 Å². The summed E-state index contributed by atoms with van der Waals surface area (Å²) in [6, 6.07) is 16.1. The summed E-state index contributed by atoms with van der Waals surface area (Å²) in [6.07, 6.45) is 16.3. The van der Waals surface area contributed by atoms with Crippen molar-refractivity contribution in [3.63, 3.8) is 0 Å². The number of rotatable bonds is 24. The molecule has 10 nitrogen and oxygen atoms in total. The first-order chi connectivity index (χ1) is 34.9. The molecule has 8 bridgehead atoms. The number of fused-ring (bicyclic) bond motifs is 8. The molecule has 1 aromatic carbocycles. The van der Waals surface area contributed by atoms with Crippen LogP contribution in [0.1, 0.15) is 194 Å². The topological polar surface area (TPSA) is 130 Å². The van der Waals surface area contributed by atoms with Gasteiger partial charge in [0.15, 0.2) is 0 Å². The molecular formula is C63H85MgN5O5+2. The van der Waals surface area contributed by atoms with E-state index >= 15 is 0 Å². The van der Waals surface area contributed by atoms with Crippen LogP contribution in [0.2, 0.25) is 0 Å². The third kappa shape index (κ3) is 15.2. The van der Waals surface area contributed by atoms with Crippen molar-refractivity contribution in [2.75, 3.05) is 20.8 Å². The van der Waals surface area contributed by atoms with Crippen molar-refractivity contribution < 1.29 is 23.9 Å². The number of aromatic nitrogens is 4. The first-order valence-corrected chi connectivity index (χ1v) is 27.2. The number of hydrogen-bond donors (Lipinski definition) is 2. The number of carbonyl (C=O) groups is 3. The van der Waals surface area contributed by atoms with Gasteiger partial charge in [0.25, 0.3) is 5.91 Å². The molecule has 1 amide bonds. The van der Waals surface area contributed by atoms with Crippen molar-refractivity contribution in [3.8, 4) is 0 Å². The molecule has 0 saturated heterocycles. The van der Waals surface area contributed by atoms with Crippen molar-refractivity contribution in [1.82, 2.24) is 24.8 Å². The number of esters is 2. The number of aryl methyl sites for hydroxylation is 3. The molecule has 3 aromatic heterocycles. The first-order valence-electron chi connectivity index (χ1n) is 27.2. The van der Waals surface area contributed by atoms with Crippen LogP contribution in [0.3, 0.4) is 0 Å². The molecule has 6 rings (SSSR count).